The second kappa shape index (κ2) is 6.57. The zero-order chi connectivity index (χ0) is 12.0. The highest BCUT2D eigenvalue weighted by Crippen LogP contribution is 2.27. The van der Waals surface area contributed by atoms with Gasteiger partial charge in [0, 0.05) is 13.1 Å². The normalized spacial score (nSPS) is 26.9. The monoisotopic (exact) mass is 248 g/mol. The first-order valence-electron chi connectivity index (χ1n) is 6.12. The molecule has 0 spiro atoms. The summed E-state index contributed by atoms with van der Waals surface area (Å²) in [6.45, 7) is 4.55. The molecule has 0 aliphatic heterocycles. The highest BCUT2D eigenvalue weighted by Gasteiger charge is 2.17. The minimum atomic E-state index is -3.03. The van der Waals surface area contributed by atoms with Crippen LogP contribution in [0.4, 0.5) is 0 Å². The molecule has 1 aliphatic rings. The fraction of sp³-hybridized carbons (Fsp3) is 1.00. The van der Waals surface area contributed by atoms with E-state index >= 15 is 0 Å². The average Bonchev–Trinajstić information content (AvgIpc) is 2.15. The zero-order valence-electron chi connectivity index (χ0n) is 10.3. The van der Waals surface area contributed by atoms with E-state index in [1.807, 2.05) is 0 Å². The van der Waals surface area contributed by atoms with Gasteiger partial charge in [-0.05, 0) is 31.2 Å². The summed E-state index contributed by atoms with van der Waals surface area (Å²) in [7, 11) is -3.03. The van der Waals surface area contributed by atoms with E-state index in [-0.39, 0.29) is 0 Å². The van der Waals surface area contributed by atoms with E-state index in [9.17, 15) is 8.42 Å². The average molecular weight is 248 g/mol. The van der Waals surface area contributed by atoms with Crippen LogP contribution in [0, 0.1) is 11.8 Å². The first kappa shape index (κ1) is 13.9. The molecule has 1 saturated carbocycles. The van der Waals surface area contributed by atoms with Gasteiger partial charge in [-0.3, -0.25) is 0 Å². The first-order valence-corrected chi connectivity index (χ1v) is 8.02. The molecule has 1 rings (SSSR count). The van der Waals surface area contributed by atoms with Crippen LogP contribution in [0.5, 0.6) is 0 Å². The van der Waals surface area contributed by atoms with Gasteiger partial charge in [0.05, 0.1) is 6.26 Å². The van der Waals surface area contributed by atoms with E-state index in [0.29, 0.717) is 6.54 Å². The summed E-state index contributed by atoms with van der Waals surface area (Å²) in [6.07, 6.45) is 6.53. The molecule has 0 amide bonds. The van der Waals surface area contributed by atoms with Crippen molar-refractivity contribution in [2.75, 3.05) is 25.9 Å². The van der Waals surface area contributed by atoms with Crippen LogP contribution in [-0.4, -0.2) is 34.3 Å². The molecular formula is C11H24N2O2S. The van der Waals surface area contributed by atoms with Crippen molar-refractivity contribution >= 4 is 10.0 Å². The fourth-order valence-electron chi connectivity index (χ4n) is 2.38. The molecule has 2 N–H and O–H groups in total. The van der Waals surface area contributed by atoms with Crippen molar-refractivity contribution < 1.29 is 8.42 Å². The predicted octanol–water partition coefficient (Wildman–Crippen LogP) is 0.952. The Morgan fingerprint density at radius 2 is 2.00 bits per heavy atom. The Bertz CT molecular complexity index is 290. The number of sulfonamides is 1. The Morgan fingerprint density at radius 1 is 1.25 bits per heavy atom. The van der Waals surface area contributed by atoms with Crippen molar-refractivity contribution in [2.45, 2.75) is 32.6 Å². The molecular weight excluding hydrogens is 224 g/mol. The second-order valence-electron chi connectivity index (χ2n) is 5.01. The Hall–Kier alpha value is -0.130. The summed E-state index contributed by atoms with van der Waals surface area (Å²) in [6, 6.07) is 0. The second-order valence-corrected chi connectivity index (χ2v) is 6.84. The SMILES string of the molecule is CC1CCCC(CNCCNS(C)(=O)=O)C1. The summed E-state index contributed by atoms with van der Waals surface area (Å²) in [4.78, 5) is 0. The topological polar surface area (TPSA) is 58.2 Å². The first-order chi connectivity index (χ1) is 7.47. The maximum absolute atomic E-state index is 10.8. The van der Waals surface area contributed by atoms with Crippen molar-refractivity contribution in [1.29, 1.82) is 0 Å². The van der Waals surface area contributed by atoms with Crippen molar-refractivity contribution in [3.63, 3.8) is 0 Å². The Balaban J connectivity index is 2.02. The smallest absolute Gasteiger partial charge is 0.208 e. The molecule has 5 heteroatoms. The zero-order valence-corrected chi connectivity index (χ0v) is 11.1. The van der Waals surface area contributed by atoms with Crippen LogP contribution in [0.3, 0.4) is 0 Å². The third-order valence-corrected chi connectivity index (χ3v) is 3.87. The minimum absolute atomic E-state index is 0.487. The van der Waals surface area contributed by atoms with Gasteiger partial charge in [-0.1, -0.05) is 19.8 Å². The lowest BCUT2D eigenvalue weighted by Gasteiger charge is -2.26. The van der Waals surface area contributed by atoms with Gasteiger partial charge in [0.1, 0.15) is 0 Å². The quantitative estimate of drug-likeness (QED) is 0.688. The van der Waals surface area contributed by atoms with E-state index in [0.717, 1.165) is 24.9 Å². The van der Waals surface area contributed by atoms with Gasteiger partial charge in [0.2, 0.25) is 10.0 Å². The lowest BCUT2D eigenvalue weighted by atomic mass is 9.82. The van der Waals surface area contributed by atoms with Crippen molar-refractivity contribution in [3.05, 3.63) is 0 Å². The predicted molar refractivity (Wildman–Crippen MR) is 66.8 cm³/mol. The molecule has 0 radical (unpaired) electrons. The van der Waals surface area contributed by atoms with Crippen LogP contribution < -0.4 is 10.0 Å². The molecule has 0 bridgehead atoms. The van der Waals surface area contributed by atoms with E-state index in [4.69, 9.17) is 0 Å². The summed E-state index contributed by atoms with van der Waals surface area (Å²) in [5, 5.41) is 3.32. The molecule has 0 aromatic heterocycles. The Kier molecular flexibility index (Phi) is 5.72. The molecule has 1 fully saturated rings. The van der Waals surface area contributed by atoms with Crippen molar-refractivity contribution in [1.82, 2.24) is 10.0 Å². The largest absolute Gasteiger partial charge is 0.315 e. The van der Waals surface area contributed by atoms with E-state index < -0.39 is 10.0 Å². The van der Waals surface area contributed by atoms with Crippen LogP contribution in [0.25, 0.3) is 0 Å². The van der Waals surface area contributed by atoms with Crippen LogP contribution in [-0.2, 0) is 10.0 Å². The number of nitrogens with one attached hydrogen (secondary N) is 2. The van der Waals surface area contributed by atoms with Gasteiger partial charge in [-0.2, -0.15) is 0 Å². The molecule has 1 aliphatic carbocycles. The molecule has 0 aromatic rings. The molecule has 16 heavy (non-hydrogen) atoms. The highest BCUT2D eigenvalue weighted by atomic mass is 32.2. The third kappa shape index (κ3) is 6.45. The number of rotatable bonds is 6. The summed E-state index contributed by atoms with van der Waals surface area (Å²) in [5.74, 6) is 1.64. The Morgan fingerprint density at radius 3 is 2.62 bits per heavy atom. The third-order valence-electron chi connectivity index (χ3n) is 3.14. The van der Waals surface area contributed by atoms with E-state index in [2.05, 4.69) is 17.0 Å². The van der Waals surface area contributed by atoms with E-state index in [1.54, 1.807) is 0 Å². The summed E-state index contributed by atoms with van der Waals surface area (Å²) >= 11 is 0. The molecule has 0 saturated heterocycles. The number of hydrogen-bond acceptors (Lipinski definition) is 3. The molecule has 0 aromatic carbocycles. The molecule has 2 atom stereocenters. The van der Waals surface area contributed by atoms with Crippen LogP contribution in [0.15, 0.2) is 0 Å². The molecule has 4 nitrogen and oxygen atoms in total. The number of hydrogen-bond donors (Lipinski definition) is 2. The molecule has 0 heterocycles. The summed E-state index contributed by atoms with van der Waals surface area (Å²) in [5.41, 5.74) is 0. The maximum atomic E-state index is 10.8. The van der Waals surface area contributed by atoms with Gasteiger partial charge in [0.25, 0.3) is 0 Å². The molecule has 2 unspecified atom stereocenters. The maximum Gasteiger partial charge on any atom is 0.208 e. The highest BCUT2D eigenvalue weighted by molar-refractivity contribution is 7.88. The van der Waals surface area contributed by atoms with Crippen LogP contribution in [0.2, 0.25) is 0 Å². The van der Waals surface area contributed by atoms with E-state index in [1.165, 1.54) is 31.9 Å². The van der Waals surface area contributed by atoms with Crippen LogP contribution in [0.1, 0.15) is 32.6 Å². The van der Waals surface area contributed by atoms with Crippen molar-refractivity contribution in [2.24, 2.45) is 11.8 Å². The standard InChI is InChI=1S/C11H24N2O2S/c1-10-4-3-5-11(8-10)9-12-6-7-13-16(2,14)15/h10-13H,3-9H2,1-2H3. The minimum Gasteiger partial charge on any atom is -0.315 e. The fourth-order valence-corrected chi connectivity index (χ4v) is 2.85. The van der Waals surface area contributed by atoms with Gasteiger partial charge in [-0.15, -0.1) is 0 Å². The van der Waals surface area contributed by atoms with Gasteiger partial charge in [0.15, 0.2) is 0 Å². The van der Waals surface area contributed by atoms with Gasteiger partial charge >= 0.3 is 0 Å². The lowest BCUT2D eigenvalue weighted by Crippen LogP contribution is -2.34. The summed E-state index contributed by atoms with van der Waals surface area (Å²) < 4.78 is 24.1. The molecule has 96 valence electrons. The van der Waals surface area contributed by atoms with Crippen LogP contribution >= 0.6 is 0 Å². The lowest BCUT2D eigenvalue weighted by molar-refractivity contribution is 0.275. The van der Waals surface area contributed by atoms with Gasteiger partial charge in [-0.25, -0.2) is 13.1 Å². The van der Waals surface area contributed by atoms with Gasteiger partial charge < -0.3 is 5.32 Å². The Labute approximate surface area is 99.2 Å². The van der Waals surface area contributed by atoms with Crippen molar-refractivity contribution in [3.8, 4) is 0 Å².